The molecule has 0 bridgehead atoms. The third-order valence-corrected chi connectivity index (χ3v) is 4.10. The molecule has 2 atom stereocenters. The minimum absolute atomic E-state index is 0.131. The summed E-state index contributed by atoms with van der Waals surface area (Å²) < 4.78 is 5.88. The molecule has 4 nitrogen and oxygen atoms in total. The lowest BCUT2D eigenvalue weighted by atomic mass is 9.96. The highest BCUT2D eigenvalue weighted by atomic mass is 16.5. The Morgan fingerprint density at radius 3 is 2.84 bits per heavy atom. The Morgan fingerprint density at radius 1 is 1.37 bits per heavy atom. The monoisotopic (exact) mass is 261 g/mol. The van der Waals surface area contributed by atoms with Crippen LogP contribution in [0.1, 0.15) is 37.3 Å². The maximum atomic E-state index is 11.0. The van der Waals surface area contributed by atoms with Gasteiger partial charge in [0.1, 0.15) is 5.75 Å². The van der Waals surface area contributed by atoms with Crippen molar-refractivity contribution in [3.8, 4) is 5.75 Å². The van der Waals surface area contributed by atoms with Crippen LogP contribution in [0.4, 0.5) is 0 Å². The molecule has 0 spiro atoms. The standard InChI is InChI=1S/C15H19NO3/c17-15(18)11-8-14(16-9-11)10-3-1-6-13(7-10)19-12-4-2-5-12/h1,3,6-7,11-12,14,16H,2,4-5,8-9H2,(H,17,18). The molecule has 1 aliphatic heterocycles. The predicted molar refractivity (Wildman–Crippen MR) is 71.2 cm³/mol. The summed E-state index contributed by atoms with van der Waals surface area (Å²) in [5, 5.41) is 12.3. The van der Waals surface area contributed by atoms with Crippen LogP contribution in [0.25, 0.3) is 0 Å². The van der Waals surface area contributed by atoms with Crippen molar-refractivity contribution >= 4 is 5.97 Å². The minimum Gasteiger partial charge on any atom is -0.490 e. The van der Waals surface area contributed by atoms with Gasteiger partial charge in [-0.1, -0.05) is 12.1 Å². The summed E-state index contributed by atoms with van der Waals surface area (Å²) in [4.78, 5) is 11.0. The molecule has 1 heterocycles. The highest BCUT2D eigenvalue weighted by Gasteiger charge is 2.30. The van der Waals surface area contributed by atoms with Gasteiger partial charge in [0, 0.05) is 12.6 Å². The van der Waals surface area contributed by atoms with Crippen molar-refractivity contribution in [2.75, 3.05) is 6.54 Å². The summed E-state index contributed by atoms with van der Waals surface area (Å²) >= 11 is 0. The smallest absolute Gasteiger partial charge is 0.307 e. The van der Waals surface area contributed by atoms with Crippen molar-refractivity contribution in [1.82, 2.24) is 5.32 Å². The molecule has 1 aromatic rings. The molecular weight excluding hydrogens is 242 g/mol. The number of hydrogen-bond acceptors (Lipinski definition) is 3. The lowest BCUT2D eigenvalue weighted by Crippen LogP contribution is -2.24. The normalized spacial score (nSPS) is 26.9. The van der Waals surface area contributed by atoms with E-state index in [1.54, 1.807) is 0 Å². The highest BCUT2D eigenvalue weighted by Crippen LogP contribution is 2.31. The number of ether oxygens (including phenoxy) is 1. The zero-order chi connectivity index (χ0) is 13.2. The van der Waals surface area contributed by atoms with E-state index in [4.69, 9.17) is 9.84 Å². The van der Waals surface area contributed by atoms with Gasteiger partial charge >= 0.3 is 5.97 Å². The van der Waals surface area contributed by atoms with Gasteiger partial charge in [-0.3, -0.25) is 4.79 Å². The van der Waals surface area contributed by atoms with Crippen LogP contribution in [-0.2, 0) is 4.79 Å². The quantitative estimate of drug-likeness (QED) is 0.873. The molecule has 1 aliphatic carbocycles. The molecule has 19 heavy (non-hydrogen) atoms. The Morgan fingerprint density at radius 2 is 2.21 bits per heavy atom. The summed E-state index contributed by atoms with van der Waals surface area (Å²) in [6.45, 7) is 0.549. The van der Waals surface area contributed by atoms with Gasteiger partial charge in [0.2, 0.25) is 0 Å². The summed E-state index contributed by atoms with van der Waals surface area (Å²) in [6.07, 6.45) is 4.58. The van der Waals surface area contributed by atoms with Crippen molar-refractivity contribution in [1.29, 1.82) is 0 Å². The van der Waals surface area contributed by atoms with E-state index < -0.39 is 5.97 Å². The molecule has 0 radical (unpaired) electrons. The van der Waals surface area contributed by atoms with Crippen molar-refractivity contribution in [3.05, 3.63) is 29.8 Å². The van der Waals surface area contributed by atoms with Gasteiger partial charge < -0.3 is 15.2 Å². The number of carbonyl (C=O) groups is 1. The first-order chi connectivity index (χ1) is 9.22. The van der Waals surface area contributed by atoms with Crippen molar-refractivity contribution in [2.45, 2.75) is 37.8 Å². The van der Waals surface area contributed by atoms with Crippen LogP contribution in [0, 0.1) is 5.92 Å². The molecule has 4 heteroatoms. The first-order valence-electron chi connectivity index (χ1n) is 6.95. The van der Waals surface area contributed by atoms with Gasteiger partial charge in [-0.25, -0.2) is 0 Å². The SMILES string of the molecule is O=C(O)C1CNC(c2cccc(OC3CCC3)c2)C1. The van der Waals surface area contributed by atoms with E-state index in [1.807, 2.05) is 24.3 Å². The number of hydrogen-bond donors (Lipinski definition) is 2. The minimum atomic E-state index is -0.711. The molecule has 0 amide bonds. The number of rotatable bonds is 4. The van der Waals surface area contributed by atoms with Crippen LogP contribution >= 0.6 is 0 Å². The first kappa shape index (κ1) is 12.5. The van der Waals surface area contributed by atoms with Crippen LogP contribution < -0.4 is 10.1 Å². The summed E-state index contributed by atoms with van der Waals surface area (Å²) in [5.41, 5.74) is 1.13. The molecule has 102 valence electrons. The van der Waals surface area contributed by atoms with E-state index in [0.717, 1.165) is 24.2 Å². The molecule has 0 aromatic heterocycles. The molecule has 2 N–H and O–H groups in total. The summed E-state index contributed by atoms with van der Waals surface area (Å²) in [5.74, 6) is -0.0825. The van der Waals surface area contributed by atoms with E-state index in [9.17, 15) is 4.79 Å². The number of carboxylic acid groups (broad SMARTS) is 1. The lowest BCUT2D eigenvalue weighted by molar-refractivity contribution is -0.141. The fourth-order valence-corrected chi connectivity index (χ4v) is 2.66. The third-order valence-electron chi connectivity index (χ3n) is 4.10. The molecule has 2 unspecified atom stereocenters. The summed E-state index contributed by atoms with van der Waals surface area (Å²) in [7, 11) is 0. The van der Waals surface area contributed by atoms with Gasteiger partial charge in [0.15, 0.2) is 0 Å². The van der Waals surface area contributed by atoms with Gasteiger partial charge in [-0.05, 0) is 43.4 Å². The first-order valence-corrected chi connectivity index (χ1v) is 6.95. The lowest BCUT2D eigenvalue weighted by Gasteiger charge is -2.26. The second-order valence-electron chi connectivity index (χ2n) is 5.47. The van der Waals surface area contributed by atoms with E-state index in [1.165, 1.54) is 6.42 Å². The Balaban J connectivity index is 1.67. The largest absolute Gasteiger partial charge is 0.490 e. The van der Waals surface area contributed by atoms with Crippen LogP contribution in [0.5, 0.6) is 5.75 Å². The van der Waals surface area contributed by atoms with E-state index >= 15 is 0 Å². The molecule has 2 aliphatic rings. The van der Waals surface area contributed by atoms with Crippen LogP contribution in [0.15, 0.2) is 24.3 Å². The second kappa shape index (κ2) is 5.21. The number of carboxylic acids is 1. The third kappa shape index (κ3) is 2.73. The van der Waals surface area contributed by atoms with Crippen molar-refractivity contribution < 1.29 is 14.6 Å². The molecule has 2 fully saturated rings. The van der Waals surface area contributed by atoms with Crippen molar-refractivity contribution in [3.63, 3.8) is 0 Å². The van der Waals surface area contributed by atoms with Gasteiger partial charge in [-0.2, -0.15) is 0 Å². The molecule has 1 saturated heterocycles. The maximum Gasteiger partial charge on any atom is 0.307 e. The molecule has 1 saturated carbocycles. The maximum absolute atomic E-state index is 11.0. The molecular formula is C15H19NO3. The van der Waals surface area contributed by atoms with Crippen LogP contribution in [0.3, 0.4) is 0 Å². The van der Waals surface area contributed by atoms with Crippen LogP contribution in [-0.4, -0.2) is 23.7 Å². The Labute approximate surface area is 112 Å². The Hall–Kier alpha value is -1.55. The molecule has 1 aromatic carbocycles. The Bertz CT molecular complexity index is 470. The Kier molecular flexibility index (Phi) is 3.42. The fourth-order valence-electron chi connectivity index (χ4n) is 2.66. The average molecular weight is 261 g/mol. The van der Waals surface area contributed by atoms with Gasteiger partial charge in [0.25, 0.3) is 0 Å². The van der Waals surface area contributed by atoms with Gasteiger partial charge in [0.05, 0.1) is 12.0 Å². The highest BCUT2D eigenvalue weighted by molar-refractivity contribution is 5.70. The van der Waals surface area contributed by atoms with E-state index in [-0.39, 0.29) is 12.0 Å². The zero-order valence-electron chi connectivity index (χ0n) is 10.8. The molecule has 3 rings (SSSR count). The van der Waals surface area contributed by atoms with Crippen molar-refractivity contribution in [2.24, 2.45) is 5.92 Å². The number of nitrogens with one attached hydrogen (secondary N) is 1. The number of benzene rings is 1. The van der Waals surface area contributed by atoms with Crippen LogP contribution in [0.2, 0.25) is 0 Å². The summed E-state index contributed by atoms with van der Waals surface area (Å²) in [6, 6.07) is 8.17. The topological polar surface area (TPSA) is 58.6 Å². The van der Waals surface area contributed by atoms with E-state index in [2.05, 4.69) is 5.32 Å². The average Bonchev–Trinajstić information content (AvgIpc) is 2.84. The van der Waals surface area contributed by atoms with E-state index in [0.29, 0.717) is 19.1 Å². The second-order valence-corrected chi connectivity index (χ2v) is 5.47. The zero-order valence-corrected chi connectivity index (χ0v) is 10.8. The van der Waals surface area contributed by atoms with Gasteiger partial charge in [-0.15, -0.1) is 0 Å². The predicted octanol–water partition coefficient (Wildman–Crippen LogP) is 2.35. The number of aliphatic carboxylic acids is 1. The fraction of sp³-hybridized carbons (Fsp3) is 0.533.